The normalized spacial score (nSPS) is 10.4. The van der Waals surface area contributed by atoms with Crippen LogP contribution in [-0.4, -0.2) is 22.2 Å². The second-order valence-corrected chi connectivity index (χ2v) is 5.84. The molecule has 1 aromatic heterocycles. The Morgan fingerprint density at radius 3 is 2.58 bits per heavy atom. The molecule has 5 nitrogen and oxygen atoms in total. The number of halogens is 1. The molecule has 0 saturated carbocycles. The van der Waals surface area contributed by atoms with Crippen LogP contribution in [0.15, 0.2) is 60.8 Å². The van der Waals surface area contributed by atoms with E-state index in [1.54, 1.807) is 6.20 Å². The highest BCUT2D eigenvalue weighted by atomic mass is 35.5. The number of rotatable bonds is 6. The Kier molecular flexibility index (Phi) is 5.23. The number of hydrogen-bond acceptors (Lipinski definition) is 5. The van der Waals surface area contributed by atoms with Gasteiger partial charge in [0, 0.05) is 25.2 Å². The van der Waals surface area contributed by atoms with E-state index >= 15 is 0 Å². The molecule has 1 heterocycles. The van der Waals surface area contributed by atoms with Gasteiger partial charge in [0.1, 0.15) is 0 Å². The van der Waals surface area contributed by atoms with E-state index in [4.69, 9.17) is 11.6 Å². The van der Waals surface area contributed by atoms with Crippen LogP contribution in [0.25, 0.3) is 0 Å². The van der Waals surface area contributed by atoms with E-state index in [1.165, 1.54) is 5.56 Å². The first-order chi connectivity index (χ1) is 11.7. The maximum atomic E-state index is 6.17. The van der Waals surface area contributed by atoms with Crippen LogP contribution in [0.4, 0.5) is 11.8 Å². The molecule has 0 radical (unpaired) electrons. The lowest BCUT2D eigenvalue weighted by atomic mass is 10.2. The molecule has 2 aromatic carbocycles. The van der Waals surface area contributed by atoms with Gasteiger partial charge in [-0.2, -0.15) is 10.1 Å². The van der Waals surface area contributed by atoms with Crippen molar-refractivity contribution in [2.24, 2.45) is 0 Å². The second kappa shape index (κ2) is 7.75. The summed E-state index contributed by atoms with van der Waals surface area (Å²) in [5.74, 6) is 1.24. The molecule has 0 unspecified atom stereocenters. The highest BCUT2D eigenvalue weighted by Gasteiger charge is 2.07. The smallest absolute Gasteiger partial charge is 0.247 e. The molecule has 0 aliphatic rings. The van der Waals surface area contributed by atoms with Crippen LogP contribution in [0, 0.1) is 0 Å². The summed E-state index contributed by atoms with van der Waals surface area (Å²) in [5.41, 5.74) is 2.20. The minimum absolute atomic E-state index is 0.572. The number of nitrogens with one attached hydrogen (secondary N) is 1. The highest BCUT2D eigenvalue weighted by Crippen LogP contribution is 2.17. The molecule has 1 N–H and O–H groups in total. The van der Waals surface area contributed by atoms with Gasteiger partial charge in [-0.1, -0.05) is 60.1 Å². The van der Waals surface area contributed by atoms with E-state index in [0.29, 0.717) is 18.3 Å². The summed E-state index contributed by atoms with van der Waals surface area (Å²) in [6.45, 7) is 1.30. The first kappa shape index (κ1) is 16.2. The highest BCUT2D eigenvalue weighted by molar-refractivity contribution is 6.31. The number of anilines is 2. The fraction of sp³-hybridized carbons (Fsp3) is 0.167. The van der Waals surface area contributed by atoms with Gasteiger partial charge >= 0.3 is 0 Å². The van der Waals surface area contributed by atoms with Gasteiger partial charge in [0.25, 0.3) is 0 Å². The topological polar surface area (TPSA) is 53.9 Å². The molecule has 6 heteroatoms. The van der Waals surface area contributed by atoms with Gasteiger partial charge < -0.3 is 10.2 Å². The average Bonchev–Trinajstić information content (AvgIpc) is 2.62. The van der Waals surface area contributed by atoms with Crippen molar-refractivity contribution in [1.29, 1.82) is 0 Å². The SMILES string of the molecule is CN(Cc1ccccc1)c1nncc(NCc2ccccc2Cl)n1. The summed E-state index contributed by atoms with van der Waals surface area (Å²) in [7, 11) is 1.95. The summed E-state index contributed by atoms with van der Waals surface area (Å²) >= 11 is 6.17. The Bertz CT molecular complexity index is 794. The Morgan fingerprint density at radius 2 is 1.79 bits per heavy atom. The third-order valence-electron chi connectivity index (χ3n) is 3.57. The first-order valence-electron chi connectivity index (χ1n) is 7.64. The number of aromatic nitrogens is 3. The van der Waals surface area contributed by atoms with Crippen molar-refractivity contribution in [2.45, 2.75) is 13.1 Å². The molecule has 0 amide bonds. The van der Waals surface area contributed by atoms with Crippen molar-refractivity contribution in [3.63, 3.8) is 0 Å². The van der Waals surface area contributed by atoms with Gasteiger partial charge in [0.05, 0.1) is 6.20 Å². The van der Waals surface area contributed by atoms with Crippen LogP contribution < -0.4 is 10.2 Å². The molecule has 0 fully saturated rings. The van der Waals surface area contributed by atoms with E-state index in [-0.39, 0.29) is 0 Å². The standard InChI is InChI=1S/C18H18ClN5/c1-24(13-14-7-3-2-4-8-14)18-22-17(12-21-23-18)20-11-15-9-5-6-10-16(15)19/h2-10,12H,11,13H2,1H3,(H,20,22,23). The Hall–Kier alpha value is -2.66. The summed E-state index contributed by atoms with van der Waals surface area (Å²) in [6, 6.07) is 17.9. The van der Waals surface area contributed by atoms with Crippen LogP contribution in [0.3, 0.4) is 0 Å². The molecule has 0 atom stereocenters. The van der Waals surface area contributed by atoms with Gasteiger partial charge in [-0.15, -0.1) is 5.10 Å². The van der Waals surface area contributed by atoms with Gasteiger partial charge in [-0.25, -0.2) is 0 Å². The Balaban J connectivity index is 1.66. The predicted octanol–water partition coefficient (Wildman–Crippen LogP) is 3.77. The average molecular weight is 340 g/mol. The molecule has 0 spiro atoms. The number of nitrogens with zero attached hydrogens (tertiary/aromatic N) is 4. The zero-order valence-electron chi connectivity index (χ0n) is 13.4. The minimum atomic E-state index is 0.572. The molecule has 0 aliphatic carbocycles. The minimum Gasteiger partial charge on any atom is -0.364 e. The number of benzene rings is 2. The molecule has 3 aromatic rings. The van der Waals surface area contributed by atoms with Crippen molar-refractivity contribution in [1.82, 2.24) is 15.2 Å². The van der Waals surface area contributed by atoms with E-state index in [1.807, 2.05) is 54.4 Å². The predicted molar refractivity (Wildman–Crippen MR) is 97.2 cm³/mol. The second-order valence-electron chi connectivity index (χ2n) is 5.43. The third-order valence-corrected chi connectivity index (χ3v) is 3.94. The fourth-order valence-corrected chi connectivity index (χ4v) is 2.50. The van der Waals surface area contributed by atoms with Crippen LogP contribution >= 0.6 is 11.6 Å². The Morgan fingerprint density at radius 1 is 1.04 bits per heavy atom. The van der Waals surface area contributed by atoms with Crippen LogP contribution in [0.1, 0.15) is 11.1 Å². The summed E-state index contributed by atoms with van der Waals surface area (Å²) in [4.78, 5) is 6.47. The van der Waals surface area contributed by atoms with Crippen molar-refractivity contribution in [3.05, 3.63) is 76.9 Å². The van der Waals surface area contributed by atoms with E-state index in [0.717, 1.165) is 17.1 Å². The van der Waals surface area contributed by atoms with Gasteiger partial charge in [-0.3, -0.25) is 0 Å². The lowest BCUT2D eigenvalue weighted by Crippen LogP contribution is -2.20. The molecule has 0 bridgehead atoms. The maximum absolute atomic E-state index is 6.17. The lowest BCUT2D eigenvalue weighted by molar-refractivity contribution is 0.828. The molecule has 3 rings (SSSR count). The molecule has 24 heavy (non-hydrogen) atoms. The van der Waals surface area contributed by atoms with E-state index in [2.05, 4.69) is 32.6 Å². The maximum Gasteiger partial charge on any atom is 0.247 e. The molecule has 0 saturated heterocycles. The largest absolute Gasteiger partial charge is 0.364 e. The zero-order chi connectivity index (χ0) is 16.8. The summed E-state index contributed by atoms with van der Waals surface area (Å²) in [5, 5.41) is 12.1. The van der Waals surface area contributed by atoms with E-state index < -0.39 is 0 Å². The third kappa shape index (κ3) is 4.20. The van der Waals surface area contributed by atoms with Crippen molar-refractivity contribution in [2.75, 3.05) is 17.3 Å². The van der Waals surface area contributed by atoms with Crippen LogP contribution in [-0.2, 0) is 13.1 Å². The lowest BCUT2D eigenvalue weighted by Gasteiger charge is -2.17. The van der Waals surface area contributed by atoms with E-state index in [9.17, 15) is 0 Å². The quantitative estimate of drug-likeness (QED) is 0.740. The van der Waals surface area contributed by atoms with Crippen molar-refractivity contribution in [3.8, 4) is 0 Å². The summed E-state index contributed by atoms with van der Waals surface area (Å²) < 4.78 is 0. The fourth-order valence-electron chi connectivity index (χ4n) is 2.30. The molecule has 0 aliphatic heterocycles. The Labute approximate surface area is 146 Å². The van der Waals surface area contributed by atoms with Gasteiger partial charge in [-0.05, 0) is 17.2 Å². The number of hydrogen-bond donors (Lipinski definition) is 1. The van der Waals surface area contributed by atoms with Crippen LogP contribution in [0.5, 0.6) is 0 Å². The molecular weight excluding hydrogens is 322 g/mol. The monoisotopic (exact) mass is 339 g/mol. The first-order valence-corrected chi connectivity index (χ1v) is 8.02. The van der Waals surface area contributed by atoms with Gasteiger partial charge in [0.15, 0.2) is 5.82 Å². The van der Waals surface area contributed by atoms with Crippen LogP contribution in [0.2, 0.25) is 5.02 Å². The van der Waals surface area contributed by atoms with Crippen molar-refractivity contribution >= 4 is 23.4 Å². The molecule has 122 valence electrons. The zero-order valence-corrected chi connectivity index (χ0v) is 14.1. The van der Waals surface area contributed by atoms with Gasteiger partial charge in [0.2, 0.25) is 5.95 Å². The van der Waals surface area contributed by atoms with Crippen molar-refractivity contribution < 1.29 is 0 Å². The summed E-state index contributed by atoms with van der Waals surface area (Å²) in [6.07, 6.45) is 1.61. The molecular formula is C18H18ClN5.